The summed E-state index contributed by atoms with van der Waals surface area (Å²) in [5.41, 5.74) is 8.19. The molecule has 0 fully saturated rings. The Morgan fingerprint density at radius 1 is 1.11 bits per heavy atom. The molecule has 0 spiro atoms. The number of carbonyl (C=O) groups excluding carboxylic acids is 1. The van der Waals surface area contributed by atoms with Gasteiger partial charge in [0.05, 0.1) is 5.02 Å². The van der Waals surface area contributed by atoms with Crippen LogP contribution in [0.1, 0.15) is 21.5 Å². The lowest BCUT2D eigenvalue weighted by atomic mass is 10.0. The predicted octanol–water partition coefficient (Wildman–Crippen LogP) is 4.12. The quantitative estimate of drug-likeness (QED) is 0.664. The first-order valence-electron chi connectivity index (χ1n) is 5.35. The van der Waals surface area contributed by atoms with Gasteiger partial charge in [0.2, 0.25) is 0 Å². The summed E-state index contributed by atoms with van der Waals surface area (Å²) in [6.45, 7) is 1.88. The van der Waals surface area contributed by atoms with Crippen LogP contribution in [0.3, 0.4) is 0 Å². The zero-order valence-electron chi connectivity index (χ0n) is 9.71. The second-order valence-electron chi connectivity index (χ2n) is 4.02. The number of benzene rings is 2. The van der Waals surface area contributed by atoms with Gasteiger partial charge in [0.25, 0.3) is 0 Å². The number of ketones is 1. The van der Waals surface area contributed by atoms with E-state index in [1.54, 1.807) is 36.4 Å². The van der Waals surface area contributed by atoms with Crippen molar-refractivity contribution in [3.63, 3.8) is 0 Å². The fourth-order valence-electron chi connectivity index (χ4n) is 1.61. The summed E-state index contributed by atoms with van der Waals surface area (Å²) in [4.78, 5) is 12.3. The van der Waals surface area contributed by atoms with Gasteiger partial charge in [-0.25, -0.2) is 0 Å². The Morgan fingerprint density at radius 3 is 2.50 bits per heavy atom. The fourth-order valence-corrected chi connectivity index (χ4v) is 1.98. The molecule has 2 aromatic rings. The van der Waals surface area contributed by atoms with Gasteiger partial charge >= 0.3 is 0 Å². The maximum absolute atomic E-state index is 12.3. The van der Waals surface area contributed by atoms with Crippen molar-refractivity contribution in [2.24, 2.45) is 0 Å². The Hall–Kier alpha value is -1.51. The Morgan fingerprint density at radius 2 is 1.83 bits per heavy atom. The van der Waals surface area contributed by atoms with Crippen LogP contribution in [-0.2, 0) is 0 Å². The number of aryl methyl sites for hydroxylation is 1. The molecule has 2 nitrogen and oxygen atoms in total. The summed E-state index contributed by atoms with van der Waals surface area (Å²) >= 11 is 11.9. The standard InChI is InChI=1S/C14H11Cl2NO/c1-8-2-3-9(6-13(8)17)14(18)11-7-10(15)4-5-12(11)16/h2-7H,17H2,1H3. The minimum atomic E-state index is -0.186. The minimum absolute atomic E-state index is 0.186. The Labute approximate surface area is 115 Å². The molecule has 0 unspecified atom stereocenters. The van der Waals surface area contributed by atoms with Gasteiger partial charge in [0.1, 0.15) is 0 Å². The van der Waals surface area contributed by atoms with E-state index in [-0.39, 0.29) is 5.78 Å². The predicted molar refractivity (Wildman–Crippen MR) is 75.5 cm³/mol. The van der Waals surface area contributed by atoms with Crippen molar-refractivity contribution in [1.82, 2.24) is 0 Å². The van der Waals surface area contributed by atoms with Crippen LogP contribution in [0.2, 0.25) is 10.0 Å². The zero-order valence-corrected chi connectivity index (χ0v) is 11.2. The van der Waals surface area contributed by atoms with Crippen LogP contribution < -0.4 is 5.73 Å². The van der Waals surface area contributed by atoms with Crippen molar-refractivity contribution < 1.29 is 4.79 Å². The van der Waals surface area contributed by atoms with Crippen LogP contribution in [0, 0.1) is 6.92 Å². The lowest BCUT2D eigenvalue weighted by molar-refractivity contribution is 0.103. The van der Waals surface area contributed by atoms with Crippen molar-refractivity contribution in [3.8, 4) is 0 Å². The first-order valence-corrected chi connectivity index (χ1v) is 6.10. The third-order valence-electron chi connectivity index (χ3n) is 2.71. The largest absolute Gasteiger partial charge is 0.398 e. The van der Waals surface area contributed by atoms with Gasteiger partial charge in [-0.2, -0.15) is 0 Å². The third-order valence-corrected chi connectivity index (χ3v) is 3.28. The van der Waals surface area contributed by atoms with Crippen LogP contribution in [-0.4, -0.2) is 5.78 Å². The monoisotopic (exact) mass is 279 g/mol. The Kier molecular flexibility index (Phi) is 3.60. The second kappa shape index (κ2) is 5.01. The molecular formula is C14H11Cl2NO. The molecule has 2 rings (SSSR count). The van der Waals surface area contributed by atoms with Crippen LogP contribution in [0.4, 0.5) is 5.69 Å². The van der Waals surface area contributed by atoms with Crippen molar-refractivity contribution >= 4 is 34.7 Å². The van der Waals surface area contributed by atoms with E-state index in [1.165, 1.54) is 0 Å². The third kappa shape index (κ3) is 2.50. The number of rotatable bonds is 2. The first kappa shape index (κ1) is 12.9. The summed E-state index contributed by atoms with van der Waals surface area (Å²) < 4.78 is 0. The van der Waals surface area contributed by atoms with E-state index in [0.29, 0.717) is 26.9 Å². The highest BCUT2D eigenvalue weighted by Gasteiger charge is 2.14. The molecule has 0 aliphatic rings. The molecule has 0 aliphatic carbocycles. The molecule has 18 heavy (non-hydrogen) atoms. The molecule has 0 bridgehead atoms. The molecule has 0 saturated carbocycles. The van der Waals surface area contributed by atoms with Crippen LogP contribution >= 0.6 is 23.2 Å². The SMILES string of the molecule is Cc1ccc(C(=O)c2cc(Cl)ccc2Cl)cc1N. The van der Waals surface area contributed by atoms with Gasteiger partial charge in [0, 0.05) is 21.8 Å². The Bertz CT molecular complexity index is 623. The van der Waals surface area contributed by atoms with Crippen LogP contribution in [0.25, 0.3) is 0 Å². The average molecular weight is 280 g/mol. The molecule has 2 N–H and O–H groups in total. The van der Waals surface area contributed by atoms with E-state index >= 15 is 0 Å². The molecule has 0 amide bonds. The first-order chi connectivity index (χ1) is 8.49. The molecule has 0 saturated heterocycles. The molecule has 0 radical (unpaired) electrons. The number of nitrogen functional groups attached to an aromatic ring is 1. The number of carbonyl (C=O) groups is 1. The van der Waals surface area contributed by atoms with Gasteiger partial charge in [0.15, 0.2) is 5.78 Å². The summed E-state index contributed by atoms with van der Waals surface area (Å²) in [5.74, 6) is -0.186. The van der Waals surface area contributed by atoms with Crippen LogP contribution in [0.5, 0.6) is 0 Å². The molecule has 4 heteroatoms. The molecule has 92 valence electrons. The van der Waals surface area contributed by atoms with E-state index in [4.69, 9.17) is 28.9 Å². The molecule has 0 aliphatic heterocycles. The second-order valence-corrected chi connectivity index (χ2v) is 4.87. The maximum atomic E-state index is 12.3. The summed E-state index contributed by atoms with van der Waals surface area (Å²) in [6, 6.07) is 9.99. The average Bonchev–Trinajstić information content (AvgIpc) is 2.35. The zero-order chi connectivity index (χ0) is 13.3. The van der Waals surface area contributed by atoms with Crippen molar-refractivity contribution in [3.05, 3.63) is 63.1 Å². The molecule has 0 heterocycles. The maximum Gasteiger partial charge on any atom is 0.194 e. The number of hydrogen-bond donors (Lipinski definition) is 1. The van der Waals surface area contributed by atoms with E-state index in [2.05, 4.69) is 0 Å². The highest BCUT2D eigenvalue weighted by atomic mass is 35.5. The lowest BCUT2D eigenvalue weighted by Crippen LogP contribution is -2.03. The van der Waals surface area contributed by atoms with Crippen molar-refractivity contribution in [2.75, 3.05) is 5.73 Å². The van der Waals surface area contributed by atoms with Gasteiger partial charge < -0.3 is 5.73 Å². The molecular weight excluding hydrogens is 269 g/mol. The normalized spacial score (nSPS) is 10.4. The van der Waals surface area contributed by atoms with Gasteiger partial charge in [-0.15, -0.1) is 0 Å². The van der Waals surface area contributed by atoms with Gasteiger partial charge in [-0.3, -0.25) is 4.79 Å². The molecule has 0 atom stereocenters. The minimum Gasteiger partial charge on any atom is -0.398 e. The van der Waals surface area contributed by atoms with E-state index in [1.807, 2.05) is 6.92 Å². The summed E-state index contributed by atoms with van der Waals surface area (Å²) in [6.07, 6.45) is 0. The number of halogens is 2. The van der Waals surface area contributed by atoms with Gasteiger partial charge in [-0.05, 0) is 36.8 Å². The smallest absolute Gasteiger partial charge is 0.194 e. The van der Waals surface area contributed by atoms with Crippen molar-refractivity contribution in [1.29, 1.82) is 0 Å². The number of hydrogen-bond acceptors (Lipinski definition) is 2. The van der Waals surface area contributed by atoms with E-state index in [9.17, 15) is 4.79 Å². The lowest BCUT2D eigenvalue weighted by Gasteiger charge is -2.06. The number of nitrogens with two attached hydrogens (primary N) is 1. The summed E-state index contributed by atoms with van der Waals surface area (Å²) in [5, 5.41) is 0.853. The fraction of sp³-hybridized carbons (Fsp3) is 0.0714. The highest BCUT2D eigenvalue weighted by Crippen LogP contribution is 2.24. The summed E-state index contributed by atoms with van der Waals surface area (Å²) in [7, 11) is 0. The van der Waals surface area contributed by atoms with Crippen molar-refractivity contribution in [2.45, 2.75) is 6.92 Å². The van der Waals surface area contributed by atoms with E-state index < -0.39 is 0 Å². The highest BCUT2D eigenvalue weighted by molar-refractivity contribution is 6.36. The van der Waals surface area contributed by atoms with Gasteiger partial charge in [-0.1, -0.05) is 35.3 Å². The van der Waals surface area contributed by atoms with E-state index in [0.717, 1.165) is 5.56 Å². The topological polar surface area (TPSA) is 43.1 Å². The molecule has 2 aromatic carbocycles. The molecule has 0 aromatic heterocycles. The van der Waals surface area contributed by atoms with Crippen LogP contribution in [0.15, 0.2) is 36.4 Å². The number of anilines is 1. The Balaban J connectivity index is 2.47.